The monoisotopic (exact) mass is 300 g/mol. The van der Waals surface area contributed by atoms with E-state index in [0.717, 1.165) is 38.0 Å². The molecule has 1 heterocycles. The van der Waals surface area contributed by atoms with Crippen LogP contribution in [0.15, 0.2) is 0 Å². The molecule has 20 heavy (non-hydrogen) atoms. The third-order valence-electron chi connectivity index (χ3n) is 4.10. The molecule has 0 bridgehead atoms. The van der Waals surface area contributed by atoms with E-state index in [9.17, 15) is 14.7 Å². The minimum atomic E-state index is -0.731. The summed E-state index contributed by atoms with van der Waals surface area (Å²) < 4.78 is 0. The quantitative estimate of drug-likeness (QED) is 0.759. The van der Waals surface area contributed by atoms with Gasteiger partial charge in [-0.15, -0.1) is 0 Å². The Morgan fingerprint density at radius 3 is 2.60 bits per heavy atom. The van der Waals surface area contributed by atoms with Gasteiger partial charge in [0, 0.05) is 31.8 Å². The number of rotatable bonds is 5. The Balaban J connectivity index is 1.67. The van der Waals surface area contributed by atoms with Crippen molar-refractivity contribution in [2.45, 2.75) is 50.5 Å². The molecule has 1 saturated carbocycles. The number of nitrogens with one attached hydrogen (secondary N) is 1. The normalized spacial score (nSPS) is 22.6. The predicted octanol–water partition coefficient (Wildman–Crippen LogP) is 1.75. The fourth-order valence-electron chi connectivity index (χ4n) is 2.78. The van der Waals surface area contributed by atoms with Crippen molar-refractivity contribution in [1.82, 2.24) is 10.2 Å². The Kier molecular flexibility index (Phi) is 5.72. The molecule has 2 rings (SSSR count). The number of thioether (sulfide) groups is 1. The first kappa shape index (κ1) is 15.6. The van der Waals surface area contributed by atoms with Gasteiger partial charge in [-0.1, -0.05) is 37.4 Å². The van der Waals surface area contributed by atoms with Gasteiger partial charge in [0.1, 0.15) is 0 Å². The Bertz CT molecular complexity index is 354. The van der Waals surface area contributed by atoms with Crippen molar-refractivity contribution in [1.29, 1.82) is 0 Å². The number of aliphatic hydroxyl groups is 1. The molecule has 0 radical (unpaired) electrons. The minimum Gasteiger partial charge on any atom is -0.388 e. The first-order valence-electron chi connectivity index (χ1n) is 7.50. The van der Waals surface area contributed by atoms with Crippen molar-refractivity contribution in [3.8, 4) is 0 Å². The number of amides is 2. The molecule has 6 heteroatoms. The summed E-state index contributed by atoms with van der Waals surface area (Å²) in [5.74, 6) is 0.743. The summed E-state index contributed by atoms with van der Waals surface area (Å²) in [6.45, 7) is 1.56. The molecule has 0 aromatic carbocycles. The highest BCUT2D eigenvalue weighted by molar-refractivity contribution is 8.13. The molecule has 0 unspecified atom stereocenters. The van der Waals surface area contributed by atoms with Crippen LogP contribution < -0.4 is 5.32 Å². The van der Waals surface area contributed by atoms with E-state index in [0.29, 0.717) is 19.5 Å². The molecule has 2 amide bonds. The van der Waals surface area contributed by atoms with Crippen LogP contribution in [-0.4, -0.2) is 52.1 Å². The van der Waals surface area contributed by atoms with Crippen LogP contribution in [-0.2, 0) is 4.79 Å². The van der Waals surface area contributed by atoms with Gasteiger partial charge in [0.15, 0.2) is 0 Å². The molecule has 0 spiro atoms. The van der Waals surface area contributed by atoms with Crippen molar-refractivity contribution in [2.75, 3.05) is 25.4 Å². The maximum Gasteiger partial charge on any atom is 0.281 e. The van der Waals surface area contributed by atoms with Gasteiger partial charge < -0.3 is 15.3 Å². The molecular formula is C14H24N2O3S. The van der Waals surface area contributed by atoms with E-state index in [1.54, 1.807) is 4.90 Å². The molecular weight excluding hydrogens is 276 g/mol. The smallest absolute Gasteiger partial charge is 0.281 e. The van der Waals surface area contributed by atoms with E-state index < -0.39 is 5.60 Å². The van der Waals surface area contributed by atoms with Crippen LogP contribution >= 0.6 is 11.8 Å². The van der Waals surface area contributed by atoms with Crippen molar-refractivity contribution >= 4 is 22.9 Å². The maximum absolute atomic E-state index is 11.8. The third kappa shape index (κ3) is 4.66. The first-order valence-corrected chi connectivity index (χ1v) is 8.48. The molecule has 2 aliphatic rings. The van der Waals surface area contributed by atoms with Crippen molar-refractivity contribution in [3.05, 3.63) is 0 Å². The van der Waals surface area contributed by atoms with E-state index in [4.69, 9.17) is 0 Å². The lowest BCUT2D eigenvalue weighted by molar-refractivity contribution is -0.122. The third-order valence-corrected chi connectivity index (χ3v) is 4.99. The van der Waals surface area contributed by atoms with Gasteiger partial charge in [0.25, 0.3) is 5.24 Å². The predicted molar refractivity (Wildman–Crippen MR) is 79.7 cm³/mol. The number of hydrogen-bond donors (Lipinski definition) is 2. The average molecular weight is 300 g/mol. The summed E-state index contributed by atoms with van der Waals surface area (Å²) in [5, 5.41) is 13.3. The lowest BCUT2D eigenvalue weighted by Gasteiger charge is -2.27. The van der Waals surface area contributed by atoms with Crippen LogP contribution in [0.5, 0.6) is 0 Å². The summed E-state index contributed by atoms with van der Waals surface area (Å²) in [6.07, 6.45) is 6.28. The van der Waals surface area contributed by atoms with Gasteiger partial charge in [0.05, 0.1) is 5.60 Å². The first-order chi connectivity index (χ1) is 9.59. The molecule has 2 fully saturated rings. The molecule has 5 nitrogen and oxygen atoms in total. The summed E-state index contributed by atoms with van der Waals surface area (Å²) in [4.78, 5) is 24.9. The number of hydrogen-bond acceptors (Lipinski definition) is 4. The minimum absolute atomic E-state index is 0.0696. The fraction of sp³-hybridized carbons (Fsp3) is 0.857. The van der Waals surface area contributed by atoms with E-state index in [-0.39, 0.29) is 11.1 Å². The van der Waals surface area contributed by atoms with Crippen LogP contribution in [0.1, 0.15) is 44.9 Å². The van der Waals surface area contributed by atoms with E-state index in [1.807, 2.05) is 0 Å². The maximum atomic E-state index is 11.8. The number of nitrogens with zero attached hydrogens (tertiary/aromatic N) is 1. The van der Waals surface area contributed by atoms with Crippen LogP contribution in [0.2, 0.25) is 0 Å². The zero-order valence-electron chi connectivity index (χ0n) is 11.9. The molecule has 1 aliphatic carbocycles. The van der Waals surface area contributed by atoms with Gasteiger partial charge in [0.2, 0.25) is 5.91 Å². The van der Waals surface area contributed by atoms with Crippen LogP contribution in [0.3, 0.4) is 0 Å². The summed E-state index contributed by atoms with van der Waals surface area (Å²) in [6, 6.07) is 0. The van der Waals surface area contributed by atoms with Gasteiger partial charge in [-0.25, -0.2) is 0 Å². The molecule has 114 valence electrons. The van der Waals surface area contributed by atoms with Crippen LogP contribution in [0.25, 0.3) is 0 Å². The second-order valence-electron chi connectivity index (χ2n) is 5.77. The van der Waals surface area contributed by atoms with Gasteiger partial charge in [-0.05, 0) is 12.8 Å². The second-order valence-corrected chi connectivity index (χ2v) is 6.81. The summed E-state index contributed by atoms with van der Waals surface area (Å²) >= 11 is 1.31. The fourth-order valence-corrected chi connectivity index (χ4v) is 3.63. The lowest BCUT2D eigenvalue weighted by Crippen LogP contribution is -2.43. The van der Waals surface area contributed by atoms with Crippen molar-refractivity contribution in [2.24, 2.45) is 0 Å². The highest BCUT2D eigenvalue weighted by Gasteiger charge is 2.28. The molecule has 0 atom stereocenters. The Morgan fingerprint density at radius 1 is 1.30 bits per heavy atom. The van der Waals surface area contributed by atoms with Crippen molar-refractivity contribution in [3.63, 3.8) is 0 Å². The Hall–Kier alpha value is -0.750. The molecule has 1 saturated heterocycles. The molecule has 0 aromatic heterocycles. The Morgan fingerprint density at radius 2 is 2.00 bits per heavy atom. The molecule has 1 aliphatic heterocycles. The van der Waals surface area contributed by atoms with E-state index >= 15 is 0 Å². The molecule has 0 aromatic rings. The molecule has 2 N–H and O–H groups in total. The van der Waals surface area contributed by atoms with E-state index in [1.165, 1.54) is 24.6 Å². The van der Waals surface area contributed by atoms with Crippen LogP contribution in [0, 0.1) is 0 Å². The summed E-state index contributed by atoms with van der Waals surface area (Å²) in [5.41, 5.74) is -0.731. The topological polar surface area (TPSA) is 69.6 Å². The second kappa shape index (κ2) is 7.31. The SMILES string of the molecule is O=C(CCN1CCSC1=O)NCC1(O)CCCCCC1. The zero-order chi connectivity index (χ0) is 14.4. The highest BCUT2D eigenvalue weighted by Crippen LogP contribution is 2.26. The van der Waals surface area contributed by atoms with Gasteiger partial charge in [-0.3, -0.25) is 9.59 Å². The van der Waals surface area contributed by atoms with Crippen molar-refractivity contribution < 1.29 is 14.7 Å². The average Bonchev–Trinajstić information content (AvgIpc) is 2.70. The lowest BCUT2D eigenvalue weighted by atomic mass is 9.94. The standard InChI is InChI=1S/C14H24N2O3S/c17-12(5-8-16-9-10-20-13(16)18)15-11-14(19)6-3-1-2-4-7-14/h19H,1-11H2,(H,15,17). The summed E-state index contributed by atoms with van der Waals surface area (Å²) in [7, 11) is 0. The van der Waals surface area contributed by atoms with E-state index in [2.05, 4.69) is 5.32 Å². The number of carbonyl (C=O) groups excluding carboxylic acids is 2. The van der Waals surface area contributed by atoms with Gasteiger partial charge >= 0.3 is 0 Å². The van der Waals surface area contributed by atoms with Gasteiger partial charge in [-0.2, -0.15) is 0 Å². The number of carbonyl (C=O) groups is 2. The Labute approximate surface area is 124 Å². The highest BCUT2D eigenvalue weighted by atomic mass is 32.2. The van der Waals surface area contributed by atoms with Crippen LogP contribution in [0.4, 0.5) is 4.79 Å². The zero-order valence-corrected chi connectivity index (χ0v) is 12.7. The largest absolute Gasteiger partial charge is 0.388 e.